The van der Waals surface area contributed by atoms with E-state index < -0.39 is 5.41 Å². The maximum absolute atomic E-state index is 12.9. The van der Waals surface area contributed by atoms with Crippen LogP contribution < -0.4 is 10.1 Å². The molecule has 160 valence electrons. The summed E-state index contributed by atoms with van der Waals surface area (Å²) in [6.45, 7) is 13.4. The van der Waals surface area contributed by atoms with Crippen molar-refractivity contribution in [3.05, 3.63) is 24.0 Å². The Kier molecular flexibility index (Phi) is 7.09. The molecule has 0 saturated carbocycles. The summed E-state index contributed by atoms with van der Waals surface area (Å²) < 4.78 is 7.26. The van der Waals surface area contributed by atoms with Crippen LogP contribution in [0.2, 0.25) is 0 Å². The van der Waals surface area contributed by atoms with Crippen LogP contribution in [0, 0.1) is 10.8 Å². The molecule has 1 amide bonds. The molecule has 1 aromatic heterocycles. The molecule has 0 atom stereocenters. The zero-order chi connectivity index (χ0) is 21.8. The lowest BCUT2D eigenvalue weighted by atomic mass is 9.90. The van der Waals surface area contributed by atoms with Crippen molar-refractivity contribution in [1.29, 1.82) is 0 Å². The number of nitrogens with one attached hydrogen (secondary N) is 1. The van der Waals surface area contributed by atoms with Crippen LogP contribution in [-0.4, -0.2) is 34.9 Å². The largest absolute Gasteiger partial charge is 0.497 e. The maximum Gasteiger partial charge on any atom is 0.220 e. The highest BCUT2D eigenvalue weighted by molar-refractivity contribution is 5.99. The van der Waals surface area contributed by atoms with Crippen molar-refractivity contribution in [3.63, 3.8) is 0 Å². The molecule has 6 nitrogen and oxygen atoms in total. The minimum absolute atomic E-state index is 0.0118. The Morgan fingerprint density at radius 3 is 2.41 bits per heavy atom. The Balaban J connectivity index is 2.15. The third-order valence-corrected chi connectivity index (χ3v) is 4.82. The molecule has 2 rings (SSSR count). The summed E-state index contributed by atoms with van der Waals surface area (Å²) in [6, 6.07) is 5.60. The highest BCUT2D eigenvalue weighted by Crippen LogP contribution is 2.27. The summed E-state index contributed by atoms with van der Waals surface area (Å²) in [5.74, 6) is 1.18. The number of ether oxygens (including phenoxy) is 1. The number of methoxy groups -OCH3 is 1. The number of carbonyl (C=O) groups is 2. The first-order valence-corrected chi connectivity index (χ1v) is 10.3. The van der Waals surface area contributed by atoms with E-state index in [-0.39, 0.29) is 17.1 Å². The van der Waals surface area contributed by atoms with Crippen LogP contribution in [0.4, 0.5) is 0 Å². The number of carbonyl (C=O) groups excluding carboxylic acids is 2. The fourth-order valence-corrected chi connectivity index (χ4v) is 3.03. The zero-order valence-corrected chi connectivity index (χ0v) is 18.9. The molecule has 0 unspecified atom stereocenters. The van der Waals surface area contributed by atoms with Crippen LogP contribution >= 0.6 is 0 Å². The van der Waals surface area contributed by atoms with Crippen molar-refractivity contribution in [2.45, 2.75) is 67.3 Å². The molecular formula is C23H35N3O3. The lowest BCUT2D eigenvalue weighted by molar-refractivity contribution is -0.121. The van der Waals surface area contributed by atoms with E-state index in [1.807, 2.05) is 43.5 Å². The molecule has 0 aliphatic heterocycles. The van der Waals surface area contributed by atoms with Gasteiger partial charge in [-0.05, 0) is 30.4 Å². The number of benzene rings is 1. The van der Waals surface area contributed by atoms with E-state index in [0.29, 0.717) is 37.5 Å². The molecular weight excluding hydrogens is 366 g/mol. The van der Waals surface area contributed by atoms with Crippen LogP contribution in [0.25, 0.3) is 11.0 Å². The van der Waals surface area contributed by atoms with Crippen molar-refractivity contribution in [2.24, 2.45) is 10.8 Å². The topological polar surface area (TPSA) is 73.2 Å². The molecule has 0 spiro atoms. The second-order valence-corrected chi connectivity index (χ2v) is 9.78. The monoisotopic (exact) mass is 401 g/mol. The number of aryl methyl sites for hydroxylation is 1. The van der Waals surface area contributed by atoms with Crippen molar-refractivity contribution in [1.82, 2.24) is 14.9 Å². The number of amides is 1. The Labute approximate surface area is 174 Å². The predicted molar refractivity (Wildman–Crippen MR) is 116 cm³/mol. The van der Waals surface area contributed by atoms with Crippen LogP contribution in [0.3, 0.4) is 0 Å². The average Bonchev–Trinajstić information content (AvgIpc) is 2.96. The van der Waals surface area contributed by atoms with Crippen LogP contribution in [0.5, 0.6) is 5.75 Å². The Bertz CT molecular complexity index is 870. The maximum atomic E-state index is 12.9. The lowest BCUT2D eigenvalue weighted by Crippen LogP contribution is -2.27. The quantitative estimate of drug-likeness (QED) is 0.656. The van der Waals surface area contributed by atoms with Gasteiger partial charge in [-0.1, -0.05) is 41.5 Å². The van der Waals surface area contributed by atoms with Gasteiger partial charge in [-0.15, -0.1) is 0 Å². The van der Waals surface area contributed by atoms with Gasteiger partial charge < -0.3 is 14.6 Å². The minimum Gasteiger partial charge on any atom is -0.497 e. The number of hydrogen-bond acceptors (Lipinski definition) is 4. The zero-order valence-electron chi connectivity index (χ0n) is 18.9. The van der Waals surface area contributed by atoms with E-state index in [2.05, 4.69) is 31.1 Å². The van der Waals surface area contributed by atoms with Gasteiger partial charge in [0.15, 0.2) is 5.82 Å². The fraction of sp³-hybridized carbons (Fsp3) is 0.609. The summed E-state index contributed by atoms with van der Waals surface area (Å²) in [6.07, 6.45) is 1.99. The van der Waals surface area contributed by atoms with Gasteiger partial charge in [0.05, 0.1) is 18.1 Å². The predicted octanol–water partition coefficient (Wildman–Crippen LogP) is 4.61. The molecule has 0 bridgehead atoms. The van der Waals surface area contributed by atoms with E-state index in [1.165, 1.54) is 0 Å². The van der Waals surface area contributed by atoms with Gasteiger partial charge in [0.25, 0.3) is 0 Å². The van der Waals surface area contributed by atoms with Gasteiger partial charge in [-0.25, -0.2) is 4.98 Å². The highest BCUT2D eigenvalue weighted by atomic mass is 16.5. The second kappa shape index (κ2) is 8.97. The van der Waals surface area contributed by atoms with Gasteiger partial charge in [-0.3, -0.25) is 9.59 Å². The average molecular weight is 402 g/mol. The van der Waals surface area contributed by atoms with Gasteiger partial charge >= 0.3 is 0 Å². The molecule has 29 heavy (non-hydrogen) atoms. The molecule has 0 fully saturated rings. The molecule has 1 aromatic carbocycles. The van der Waals surface area contributed by atoms with Crippen molar-refractivity contribution in [3.8, 4) is 5.75 Å². The Hall–Kier alpha value is -2.37. The third kappa shape index (κ3) is 6.31. The number of ketones is 1. The first-order valence-electron chi connectivity index (χ1n) is 10.3. The molecule has 2 aromatic rings. The fourth-order valence-electron chi connectivity index (χ4n) is 3.03. The summed E-state index contributed by atoms with van der Waals surface area (Å²) in [5.41, 5.74) is 1.27. The molecule has 1 heterocycles. The van der Waals surface area contributed by atoms with E-state index in [4.69, 9.17) is 4.74 Å². The number of fused-ring (bicyclic) bond motifs is 1. The smallest absolute Gasteiger partial charge is 0.220 e. The van der Waals surface area contributed by atoms with E-state index in [1.54, 1.807) is 7.11 Å². The molecule has 0 aliphatic carbocycles. The van der Waals surface area contributed by atoms with E-state index in [9.17, 15) is 9.59 Å². The molecule has 6 heteroatoms. The lowest BCUT2D eigenvalue weighted by Gasteiger charge is -2.18. The number of aromatic nitrogens is 2. The summed E-state index contributed by atoms with van der Waals surface area (Å²) in [4.78, 5) is 29.7. The minimum atomic E-state index is -0.534. The van der Waals surface area contributed by atoms with Gasteiger partial charge in [0.2, 0.25) is 11.7 Å². The van der Waals surface area contributed by atoms with Crippen LogP contribution in [0.1, 0.15) is 71.4 Å². The highest BCUT2D eigenvalue weighted by Gasteiger charge is 2.28. The third-order valence-electron chi connectivity index (χ3n) is 4.82. The number of Topliss-reactive ketones (excluding diaryl/α,β-unsaturated/α-hetero) is 1. The van der Waals surface area contributed by atoms with E-state index >= 15 is 0 Å². The summed E-state index contributed by atoms with van der Waals surface area (Å²) in [5, 5.41) is 2.99. The van der Waals surface area contributed by atoms with Gasteiger partial charge in [0.1, 0.15) is 5.75 Å². The molecule has 1 N–H and O–H groups in total. The van der Waals surface area contributed by atoms with Crippen molar-refractivity contribution < 1.29 is 14.3 Å². The normalized spacial score (nSPS) is 12.2. The number of nitrogens with zero attached hydrogens (tertiary/aromatic N) is 2. The Morgan fingerprint density at radius 2 is 1.83 bits per heavy atom. The first-order chi connectivity index (χ1) is 13.4. The van der Waals surface area contributed by atoms with Crippen molar-refractivity contribution >= 4 is 22.7 Å². The summed E-state index contributed by atoms with van der Waals surface area (Å²) in [7, 11) is 1.62. The second-order valence-electron chi connectivity index (χ2n) is 9.78. The first kappa shape index (κ1) is 22.9. The molecule has 0 saturated heterocycles. The van der Waals surface area contributed by atoms with Gasteiger partial charge in [-0.2, -0.15) is 0 Å². The summed E-state index contributed by atoms with van der Waals surface area (Å²) >= 11 is 0. The number of imidazole rings is 1. The molecule has 0 aliphatic rings. The molecule has 0 radical (unpaired) electrons. The van der Waals surface area contributed by atoms with E-state index in [0.717, 1.165) is 17.5 Å². The van der Waals surface area contributed by atoms with Crippen molar-refractivity contribution in [2.75, 3.05) is 13.7 Å². The van der Waals surface area contributed by atoms with Crippen LogP contribution in [0.15, 0.2) is 18.2 Å². The SMILES string of the molecule is COc1ccc2nc(C(=O)C(C)(C)C)n(CCCC(=O)NCCC(C)(C)C)c2c1. The van der Waals surface area contributed by atoms with Gasteiger partial charge in [0, 0.05) is 31.0 Å². The number of rotatable bonds is 8. The Morgan fingerprint density at radius 1 is 1.14 bits per heavy atom. The van der Waals surface area contributed by atoms with Crippen LogP contribution in [-0.2, 0) is 11.3 Å². The standard InChI is InChI=1S/C23H35N3O3/c1-22(2,3)12-13-24-19(27)9-8-14-26-18-15-16(29-7)10-11-17(18)25-21(26)20(28)23(4,5)6/h10-11,15H,8-9,12-14H2,1-7H3,(H,24,27). The number of hydrogen-bond donors (Lipinski definition) is 1.